The van der Waals surface area contributed by atoms with Crippen molar-refractivity contribution in [1.82, 2.24) is 5.32 Å². The van der Waals surface area contributed by atoms with E-state index < -0.39 is 20.0 Å². The highest BCUT2D eigenvalue weighted by Crippen LogP contribution is 2.43. The van der Waals surface area contributed by atoms with E-state index in [0.29, 0.717) is 23.9 Å². The van der Waals surface area contributed by atoms with Gasteiger partial charge in [-0.1, -0.05) is 363 Å². The van der Waals surface area contributed by atoms with E-state index in [1.165, 1.54) is 257 Å². The third-order valence-corrected chi connectivity index (χ3v) is 18.0. The molecule has 3 N–H and O–H groups in total. The van der Waals surface area contributed by atoms with Crippen molar-refractivity contribution in [2.45, 2.75) is 373 Å². The number of hydrogen-bond donors (Lipinski definition) is 3. The molecule has 1 amide bonds. The molecule has 0 aliphatic heterocycles. The van der Waals surface area contributed by atoms with E-state index in [-0.39, 0.29) is 19.1 Å². The Labute approximate surface area is 535 Å². The van der Waals surface area contributed by atoms with Crippen LogP contribution in [0.5, 0.6) is 0 Å². The summed E-state index contributed by atoms with van der Waals surface area (Å²) in [5.74, 6) is -0.138. The molecule has 0 radical (unpaired) electrons. The van der Waals surface area contributed by atoms with Gasteiger partial charge in [0, 0.05) is 6.42 Å². The molecule has 0 aliphatic carbocycles. The molecule has 0 aromatic heterocycles. The number of aliphatic hydroxyl groups is 1. The average Bonchev–Trinajstić information content (AvgIpc) is 3.70. The summed E-state index contributed by atoms with van der Waals surface area (Å²) < 4.78 is 23.9. The molecule has 9 heteroatoms. The molecular formula is C77H146N2O6P+. The summed E-state index contributed by atoms with van der Waals surface area (Å²) in [6.45, 7) is 4.82. The molecule has 0 saturated heterocycles. The first-order valence-electron chi connectivity index (χ1n) is 37.3. The molecule has 3 atom stereocenters. The van der Waals surface area contributed by atoms with Crippen molar-refractivity contribution in [2.75, 3.05) is 40.9 Å². The topological polar surface area (TPSA) is 105 Å². The summed E-state index contributed by atoms with van der Waals surface area (Å²) >= 11 is 0. The second-order valence-corrected chi connectivity index (χ2v) is 28.1. The summed E-state index contributed by atoms with van der Waals surface area (Å²) in [4.78, 5) is 23.5. The number of nitrogens with zero attached hydrogens (tertiary/aromatic N) is 1. The van der Waals surface area contributed by atoms with Gasteiger partial charge in [-0.2, -0.15) is 0 Å². The van der Waals surface area contributed by atoms with Gasteiger partial charge >= 0.3 is 7.82 Å². The molecular weight excluding hydrogens is 1080 g/mol. The molecule has 0 spiro atoms. The van der Waals surface area contributed by atoms with Crippen LogP contribution >= 0.6 is 7.82 Å². The van der Waals surface area contributed by atoms with Gasteiger partial charge in [0.15, 0.2) is 0 Å². The number of phosphoric acid groups is 1. The molecule has 504 valence electrons. The molecule has 86 heavy (non-hydrogen) atoms. The number of quaternary nitrogens is 1. The second-order valence-electron chi connectivity index (χ2n) is 26.7. The van der Waals surface area contributed by atoms with Gasteiger partial charge in [0.25, 0.3) is 0 Å². The minimum Gasteiger partial charge on any atom is -0.391 e. The number of rotatable bonds is 69. The molecule has 0 aliphatic rings. The van der Waals surface area contributed by atoms with E-state index in [1.807, 2.05) is 21.1 Å². The van der Waals surface area contributed by atoms with Gasteiger partial charge in [0.2, 0.25) is 5.91 Å². The van der Waals surface area contributed by atoms with Crippen molar-refractivity contribution < 1.29 is 32.9 Å². The first kappa shape index (κ1) is 83.9. The van der Waals surface area contributed by atoms with Crippen LogP contribution < -0.4 is 5.32 Å². The number of allylic oxidation sites excluding steroid dienone is 12. The lowest BCUT2D eigenvalue weighted by Gasteiger charge is -2.26. The lowest BCUT2D eigenvalue weighted by molar-refractivity contribution is -0.870. The van der Waals surface area contributed by atoms with Gasteiger partial charge < -0.3 is 19.8 Å². The quantitative estimate of drug-likeness (QED) is 0.0243. The first-order chi connectivity index (χ1) is 42.0. The Balaban J connectivity index is 3.95. The number of likely N-dealkylation sites (N-methyl/N-ethyl adjacent to an activating group) is 1. The molecule has 8 nitrogen and oxygen atoms in total. The van der Waals surface area contributed by atoms with Crippen molar-refractivity contribution in [3.63, 3.8) is 0 Å². The van der Waals surface area contributed by atoms with Gasteiger partial charge in [0.1, 0.15) is 13.2 Å². The molecule has 0 aromatic rings. The fourth-order valence-electron chi connectivity index (χ4n) is 11.2. The Morgan fingerprint density at radius 3 is 1.02 bits per heavy atom. The summed E-state index contributed by atoms with van der Waals surface area (Å²) in [5, 5.41) is 14.2. The Morgan fingerprint density at radius 2 is 0.698 bits per heavy atom. The predicted octanol–water partition coefficient (Wildman–Crippen LogP) is 24.1. The van der Waals surface area contributed by atoms with Crippen LogP contribution in [0.1, 0.15) is 361 Å². The zero-order valence-corrected chi connectivity index (χ0v) is 58.7. The summed E-state index contributed by atoms with van der Waals surface area (Å²) in [6.07, 6.45) is 94.5. The maximum atomic E-state index is 13.1. The largest absolute Gasteiger partial charge is 0.472 e. The van der Waals surface area contributed by atoms with Gasteiger partial charge in [-0.25, -0.2) is 4.57 Å². The average molecular weight is 1230 g/mol. The van der Waals surface area contributed by atoms with Crippen LogP contribution in [0, 0.1) is 0 Å². The molecule has 0 saturated carbocycles. The van der Waals surface area contributed by atoms with Gasteiger partial charge in [-0.15, -0.1) is 0 Å². The zero-order valence-electron chi connectivity index (χ0n) is 57.8. The number of nitrogens with one attached hydrogen (secondary N) is 1. The maximum Gasteiger partial charge on any atom is 0.472 e. The lowest BCUT2D eigenvalue weighted by Crippen LogP contribution is -2.46. The van der Waals surface area contributed by atoms with Crippen LogP contribution in [0.2, 0.25) is 0 Å². The summed E-state index contributed by atoms with van der Waals surface area (Å²) in [6, 6.07) is -0.763. The van der Waals surface area contributed by atoms with Crippen molar-refractivity contribution in [2.24, 2.45) is 0 Å². The van der Waals surface area contributed by atoms with Crippen LogP contribution in [0.3, 0.4) is 0 Å². The minimum atomic E-state index is -4.33. The fraction of sp³-hybridized carbons (Fsp3) is 0.831. The maximum absolute atomic E-state index is 13.1. The summed E-state index contributed by atoms with van der Waals surface area (Å²) in [5.41, 5.74) is 0. The third kappa shape index (κ3) is 69.4. The van der Waals surface area contributed by atoms with Gasteiger partial charge in [-0.05, 0) is 64.2 Å². The second kappa shape index (κ2) is 67.3. The Bertz CT molecular complexity index is 1630. The number of amides is 1. The number of hydrogen-bond acceptors (Lipinski definition) is 5. The van der Waals surface area contributed by atoms with Crippen molar-refractivity contribution in [3.05, 3.63) is 72.9 Å². The molecule has 0 aromatic carbocycles. The van der Waals surface area contributed by atoms with Crippen molar-refractivity contribution >= 4 is 13.7 Å². The van der Waals surface area contributed by atoms with Crippen molar-refractivity contribution in [1.29, 1.82) is 0 Å². The minimum absolute atomic E-state index is 0.0754. The highest BCUT2D eigenvalue weighted by atomic mass is 31.2. The SMILES string of the molecule is CC/C=C\C/C=C\C/C=C\C/C=C\C/C=C\C/C=C\CCCCCCCCCCCCCCCCCCCCCCC(=O)NC(COP(=O)(O)OCC[N+](C)(C)C)C(O)CCCCCCCCCCCCCCCCCCCCCCCCCCC. The molecule has 3 unspecified atom stereocenters. The Kier molecular flexibility index (Phi) is 65.7. The number of unbranched alkanes of at least 4 members (excludes halogenated alkanes) is 44. The van der Waals surface area contributed by atoms with Crippen molar-refractivity contribution in [3.8, 4) is 0 Å². The number of carbonyl (C=O) groups excluding carboxylic acids is 1. The molecule has 0 rings (SSSR count). The summed E-state index contributed by atoms with van der Waals surface area (Å²) in [7, 11) is 1.63. The Hall–Kier alpha value is -2.06. The molecule has 0 heterocycles. The highest BCUT2D eigenvalue weighted by Gasteiger charge is 2.28. The number of carbonyl (C=O) groups is 1. The lowest BCUT2D eigenvalue weighted by atomic mass is 10.0. The van der Waals surface area contributed by atoms with Crippen LogP contribution in [0.15, 0.2) is 72.9 Å². The molecule has 0 fully saturated rings. The van der Waals surface area contributed by atoms with Crippen LogP contribution in [-0.4, -0.2) is 73.4 Å². The van der Waals surface area contributed by atoms with E-state index in [1.54, 1.807) is 0 Å². The van der Waals surface area contributed by atoms with Gasteiger partial charge in [-0.3, -0.25) is 13.8 Å². The number of aliphatic hydroxyl groups excluding tert-OH is 1. The third-order valence-electron chi connectivity index (χ3n) is 17.0. The smallest absolute Gasteiger partial charge is 0.391 e. The van der Waals surface area contributed by atoms with Crippen LogP contribution in [0.4, 0.5) is 0 Å². The standard InChI is InChI=1S/C77H145N2O6P/c1-6-8-10-12-14-16-18-20-22-24-26-28-30-32-33-34-35-36-37-38-39-40-41-42-43-44-45-47-49-51-53-55-57-59-61-63-65-67-69-71-77(81)78-75(74-85-86(82,83)84-73-72-79(3,4)5)76(80)70-68-66-64-62-60-58-56-54-52-50-48-46-31-29-27-25-23-21-19-17-15-13-11-9-7-2/h8,10,14,16,20,22,26,28,32-33,35-36,75-76,80H,6-7,9,11-13,15,17-19,21,23-25,27,29-31,34,37-74H2,1-5H3,(H-,78,81,82,83)/p+1/b10-8-,16-14-,22-20-,28-26-,33-32-,36-35-. The van der Waals surface area contributed by atoms with Crippen LogP contribution in [0.25, 0.3) is 0 Å². The van der Waals surface area contributed by atoms with E-state index in [9.17, 15) is 19.4 Å². The number of phosphoric ester groups is 1. The monoisotopic (exact) mass is 1230 g/mol. The fourth-order valence-corrected chi connectivity index (χ4v) is 12.0. The van der Waals surface area contributed by atoms with Crippen LogP contribution in [-0.2, 0) is 18.4 Å². The van der Waals surface area contributed by atoms with E-state index in [2.05, 4.69) is 92.1 Å². The zero-order chi connectivity index (χ0) is 62.6. The van der Waals surface area contributed by atoms with Gasteiger partial charge in [0.05, 0.1) is 39.9 Å². The normalized spacial score (nSPS) is 14.0. The molecule has 0 bridgehead atoms. The van der Waals surface area contributed by atoms with E-state index >= 15 is 0 Å². The first-order valence-corrected chi connectivity index (χ1v) is 38.8. The highest BCUT2D eigenvalue weighted by molar-refractivity contribution is 7.47. The van der Waals surface area contributed by atoms with E-state index in [0.717, 1.165) is 77.0 Å². The predicted molar refractivity (Wildman–Crippen MR) is 378 cm³/mol. The Morgan fingerprint density at radius 1 is 0.407 bits per heavy atom. The van der Waals surface area contributed by atoms with E-state index in [4.69, 9.17) is 9.05 Å².